The van der Waals surface area contributed by atoms with E-state index in [9.17, 15) is 14.7 Å². The standard InChI is InChI=1S/C22H21Cl2N3O3S2/c23-16-4-2-1-3-15(16)21(22(30)13-5-6-13)27-10-9-17(14(12-27)11-20(28)29)31-32-19-8-7-18(24)25-26-19/h1-4,7-8,11,13,17,21H,5-6,9-10,12H2,(H,28,29)/b14-11-. The number of piperidine rings is 1. The van der Waals surface area contributed by atoms with Crippen LogP contribution in [0.3, 0.4) is 0 Å². The first-order chi connectivity index (χ1) is 15.4. The molecule has 32 heavy (non-hydrogen) atoms. The molecular formula is C22H21Cl2N3O3S2. The van der Waals surface area contributed by atoms with E-state index in [1.54, 1.807) is 29.0 Å². The van der Waals surface area contributed by atoms with Crippen LogP contribution < -0.4 is 0 Å². The number of rotatable bonds is 8. The summed E-state index contributed by atoms with van der Waals surface area (Å²) in [4.78, 5) is 26.8. The second-order valence-electron chi connectivity index (χ2n) is 7.78. The fraction of sp³-hybridized carbons (Fsp3) is 0.364. The average Bonchev–Trinajstić information content (AvgIpc) is 3.61. The number of likely N-dealkylation sites (tertiary alicyclic amines) is 1. The van der Waals surface area contributed by atoms with Crippen molar-refractivity contribution in [3.63, 3.8) is 0 Å². The molecule has 0 spiro atoms. The smallest absolute Gasteiger partial charge is 0.328 e. The molecular weight excluding hydrogens is 489 g/mol. The van der Waals surface area contributed by atoms with E-state index in [0.29, 0.717) is 34.7 Å². The van der Waals surface area contributed by atoms with E-state index in [2.05, 4.69) is 15.1 Å². The van der Waals surface area contributed by atoms with Gasteiger partial charge in [-0.15, -0.1) is 10.2 Å². The summed E-state index contributed by atoms with van der Waals surface area (Å²) in [6.45, 7) is 1.06. The molecule has 6 nitrogen and oxygen atoms in total. The van der Waals surface area contributed by atoms with Crippen molar-refractivity contribution in [3.05, 3.63) is 63.8 Å². The quantitative estimate of drug-likeness (QED) is 0.377. The van der Waals surface area contributed by atoms with Crippen LogP contribution in [0.1, 0.15) is 30.9 Å². The zero-order valence-electron chi connectivity index (χ0n) is 17.0. The minimum absolute atomic E-state index is 0.0206. The lowest BCUT2D eigenvalue weighted by atomic mass is 9.94. The summed E-state index contributed by atoms with van der Waals surface area (Å²) in [5.74, 6) is -0.759. The van der Waals surface area contributed by atoms with Gasteiger partial charge in [-0.05, 0) is 59.4 Å². The van der Waals surface area contributed by atoms with Crippen molar-refractivity contribution in [2.45, 2.75) is 35.6 Å². The predicted octanol–water partition coefficient (Wildman–Crippen LogP) is 5.33. The lowest BCUT2D eigenvalue weighted by molar-refractivity contribution is -0.131. The average molecular weight is 510 g/mol. The molecule has 2 heterocycles. The Balaban J connectivity index is 1.54. The number of hydrogen-bond donors (Lipinski definition) is 1. The van der Waals surface area contributed by atoms with Gasteiger partial charge < -0.3 is 5.11 Å². The number of halogens is 2. The van der Waals surface area contributed by atoms with Crippen LogP contribution in [0.25, 0.3) is 0 Å². The summed E-state index contributed by atoms with van der Waals surface area (Å²) in [6.07, 6.45) is 3.78. The number of aromatic nitrogens is 2. The SMILES string of the molecule is O=C(O)/C=C1/CN(C(C(=O)C2CC2)c2ccccc2Cl)CCC1SSc1ccc(Cl)nn1. The Morgan fingerprint density at radius 3 is 2.56 bits per heavy atom. The van der Waals surface area contributed by atoms with Crippen LogP contribution in [-0.2, 0) is 9.59 Å². The normalized spacial score (nSPS) is 21.4. The largest absolute Gasteiger partial charge is 0.478 e. The molecule has 168 valence electrons. The number of carboxylic acid groups (broad SMARTS) is 1. The summed E-state index contributed by atoms with van der Waals surface area (Å²) in [5.41, 5.74) is 1.56. The molecule has 1 aliphatic carbocycles. The summed E-state index contributed by atoms with van der Waals surface area (Å²) in [7, 11) is 2.99. The number of carboxylic acids is 1. The van der Waals surface area contributed by atoms with Crippen molar-refractivity contribution in [1.29, 1.82) is 0 Å². The van der Waals surface area contributed by atoms with Crippen LogP contribution in [0.2, 0.25) is 10.2 Å². The second-order valence-corrected chi connectivity index (χ2v) is 11.0. The van der Waals surface area contributed by atoms with Crippen LogP contribution in [0.4, 0.5) is 0 Å². The number of ketones is 1. The molecule has 0 amide bonds. The Labute approximate surface area is 204 Å². The highest BCUT2D eigenvalue weighted by atomic mass is 35.5. The van der Waals surface area contributed by atoms with Crippen molar-refractivity contribution in [2.24, 2.45) is 5.92 Å². The maximum absolute atomic E-state index is 13.2. The molecule has 2 unspecified atom stereocenters. The van der Waals surface area contributed by atoms with E-state index in [4.69, 9.17) is 23.2 Å². The lowest BCUT2D eigenvalue weighted by Crippen LogP contribution is -2.43. The van der Waals surface area contributed by atoms with Crippen LogP contribution in [-0.4, -0.2) is 50.3 Å². The van der Waals surface area contributed by atoms with Gasteiger partial charge in [0.15, 0.2) is 10.9 Å². The van der Waals surface area contributed by atoms with E-state index in [1.165, 1.54) is 16.9 Å². The zero-order chi connectivity index (χ0) is 22.7. The molecule has 4 rings (SSSR count). The Morgan fingerprint density at radius 2 is 1.91 bits per heavy atom. The van der Waals surface area contributed by atoms with Crippen LogP contribution >= 0.6 is 44.8 Å². The molecule has 0 bridgehead atoms. The lowest BCUT2D eigenvalue weighted by Gasteiger charge is -2.38. The van der Waals surface area contributed by atoms with Gasteiger partial charge in [-0.25, -0.2) is 4.79 Å². The second kappa shape index (κ2) is 10.6. The van der Waals surface area contributed by atoms with Crippen molar-refractivity contribution in [3.8, 4) is 0 Å². The Hall–Kier alpha value is -1.58. The third kappa shape index (κ3) is 5.85. The summed E-state index contributed by atoms with van der Waals surface area (Å²) >= 11 is 12.3. The maximum Gasteiger partial charge on any atom is 0.328 e. The highest BCUT2D eigenvalue weighted by Crippen LogP contribution is 2.44. The fourth-order valence-electron chi connectivity index (χ4n) is 3.78. The molecule has 1 aromatic carbocycles. The Kier molecular flexibility index (Phi) is 7.78. The Morgan fingerprint density at radius 1 is 1.12 bits per heavy atom. The number of nitrogens with zero attached hydrogens (tertiary/aromatic N) is 3. The molecule has 1 aliphatic heterocycles. The Bertz CT molecular complexity index is 1030. The minimum Gasteiger partial charge on any atom is -0.478 e. The number of benzene rings is 1. The number of aliphatic carboxylic acids is 1. The van der Waals surface area contributed by atoms with E-state index in [1.807, 2.05) is 18.2 Å². The van der Waals surface area contributed by atoms with E-state index in [0.717, 1.165) is 24.0 Å². The van der Waals surface area contributed by atoms with E-state index < -0.39 is 12.0 Å². The van der Waals surface area contributed by atoms with Gasteiger partial charge in [-0.3, -0.25) is 9.69 Å². The molecule has 10 heteroatoms. The number of hydrogen-bond acceptors (Lipinski definition) is 7. The van der Waals surface area contributed by atoms with Gasteiger partial charge in [0.2, 0.25) is 0 Å². The topological polar surface area (TPSA) is 83.4 Å². The van der Waals surface area contributed by atoms with E-state index in [-0.39, 0.29) is 17.0 Å². The summed E-state index contributed by atoms with van der Waals surface area (Å²) in [5, 5.41) is 18.9. The van der Waals surface area contributed by atoms with Gasteiger partial charge in [0, 0.05) is 35.4 Å². The van der Waals surface area contributed by atoms with Gasteiger partial charge in [0.25, 0.3) is 0 Å². The van der Waals surface area contributed by atoms with Gasteiger partial charge in [0.05, 0.1) is 6.04 Å². The fourth-order valence-corrected chi connectivity index (χ4v) is 6.58. The molecule has 2 aromatic rings. The molecule has 1 aromatic heterocycles. The van der Waals surface area contributed by atoms with Crippen molar-refractivity contribution >= 4 is 56.5 Å². The third-order valence-electron chi connectivity index (χ3n) is 5.46. The summed E-state index contributed by atoms with van der Waals surface area (Å²) < 4.78 is 0. The van der Waals surface area contributed by atoms with Crippen LogP contribution in [0, 0.1) is 5.92 Å². The van der Waals surface area contributed by atoms with Crippen molar-refractivity contribution in [1.82, 2.24) is 15.1 Å². The maximum atomic E-state index is 13.2. The van der Waals surface area contributed by atoms with Crippen LogP contribution in [0.15, 0.2) is 53.1 Å². The molecule has 1 saturated heterocycles. The molecule has 1 N–H and O–H groups in total. The monoisotopic (exact) mass is 509 g/mol. The first kappa shape index (κ1) is 23.6. The van der Waals surface area contributed by atoms with E-state index >= 15 is 0 Å². The molecule has 0 radical (unpaired) electrons. The first-order valence-electron chi connectivity index (χ1n) is 10.2. The minimum atomic E-state index is -0.994. The number of Topliss-reactive ketones (excluding diaryl/α,β-unsaturated/α-hetero) is 1. The highest BCUT2D eigenvalue weighted by molar-refractivity contribution is 8.77. The van der Waals surface area contributed by atoms with Crippen molar-refractivity contribution in [2.75, 3.05) is 13.1 Å². The van der Waals surface area contributed by atoms with Gasteiger partial charge in [0.1, 0.15) is 5.03 Å². The molecule has 2 atom stereocenters. The number of carbonyl (C=O) groups excluding carboxylic acids is 1. The number of carbonyl (C=O) groups is 2. The first-order valence-corrected chi connectivity index (χ1v) is 13.2. The van der Waals surface area contributed by atoms with Crippen molar-refractivity contribution < 1.29 is 14.7 Å². The van der Waals surface area contributed by atoms with Gasteiger partial charge >= 0.3 is 5.97 Å². The molecule has 2 aliphatic rings. The predicted molar refractivity (Wildman–Crippen MR) is 128 cm³/mol. The van der Waals surface area contributed by atoms with Gasteiger partial charge in [-0.1, -0.05) is 52.2 Å². The van der Waals surface area contributed by atoms with Gasteiger partial charge in [-0.2, -0.15) is 0 Å². The molecule has 2 fully saturated rings. The molecule has 1 saturated carbocycles. The summed E-state index contributed by atoms with van der Waals surface area (Å²) in [6, 6.07) is 10.4. The zero-order valence-corrected chi connectivity index (χ0v) is 20.1. The third-order valence-corrected chi connectivity index (χ3v) is 8.76. The van der Waals surface area contributed by atoms with Crippen LogP contribution in [0.5, 0.6) is 0 Å². The highest BCUT2D eigenvalue weighted by Gasteiger charge is 2.41.